The SMILES string of the molecule is CCn1nc(C)cc1C(=O)NCC1CCCCC1CO. The quantitative estimate of drug-likeness (QED) is 0.862. The molecule has 1 heterocycles. The van der Waals surface area contributed by atoms with Crippen LogP contribution in [0.15, 0.2) is 6.07 Å². The lowest BCUT2D eigenvalue weighted by Crippen LogP contribution is -2.36. The Balaban J connectivity index is 1.94. The van der Waals surface area contributed by atoms with E-state index in [0.29, 0.717) is 30.6 Å². The third kappa shape index (κ3) is 3.39. The molecule has 2 rings (SSSR count). The van der Waals surface area contributed by atoms with Crippen LogP contribution in [0.1, 0.15) is 48.8 Å². The Hall–Kier alpha value is -1.36. The summed E-state index contributed by atoms with van der Waals surface area (Å²) in [7, 11) is 0. The van der Waals surface area contributed by atoms with E-state index in [4.69, 9.17) is 0 Å². The molecule has 0 aliphatic heterocycles. The standard InChI is InChI=1S/C15H25N3O2/c1-3-18-14(8-11(2)17-18)15(20)16-9-12-6-4-5-7-13(12)10-19/h8,12-13,19H,3-7,9-10H2,1-2H3,(H,16,20). The molecular weight excluding hydrogens is 254 g/mol. The van der Waals surface area contributed by atoms with Gasteiger partial charge in [0.25, 0.3) is 5.91 Å². The Morgan fingerprint density at radius 3 is 2.80 bits per heavy atom. The molecule has 5 nitrogen and oxygen atoms in total. The summed E-state index contributed by atoms with van der Waals surface area (Å²) in [6.45, 7) is 5.45. The molecule has 2 N–H and O–H groups in total. The molecule has 20 heavy (non-hydrogen) atoms. The van der Waals surface area contributed by atoms with Crippen molar-refractivity contribution < 1.29 is 9.90 Å². The number of carbonyl (C=O) groups is 1. The van der Waals surface area contributed by atoms with E-state index in [1.807, 2.05) is 19.9 Å². The zero-order valence-corrected chi connectivity index (χ0v) is 12.4. The van der Waals surface area contributed by atoms with Crippen LogP contribution in [-0.4, -0.2) is 33.9 Å². The van der Waals surface area contributed by atoms with Gasteiger partial charge in [-0.05, 0) is 44.6 Å². The van der Waals surface area contributed by atoms with Crippen LogP contribution in [0.2, 0.25) is 0 Å². The second-order valence-electron chi connectivity index (χ2n) is 5.68. The number of hydrogen-bond acceptors (Lipinski definition) is 3. The summed E-state index contributed by atoms with van der Waals surface area (Å²) >= 11 is 0. The third-order valence-electron chi connectivity index (χ3n) is 4.26. The highest BCUT2D eigenvalue weighted by molar-refractivity contribution is 5.92. The molecule has 0 bridgehead atoms. The molecule has 1 aliphatic carbocycles. The second kappa shape index (κ2) is 6.88. The Kier molecular flexibility index (Phi) is 5.17. The average Bonchev–Trinajstić information content (AvgIpc) is 2.86. The highest BCUT2D eigenvalue weighted by Gasteiger charge is 2.25. The lowest BCUT2D eigenvalue weighted by Gasteiger charge is -2.30. The minimum atomic E-state index is -0.0605. The van der Waals surface area contributed by atoms with Crippen molar-refractivity contribution >= 4 is 5.91 Å². The van der Waals surface area contributed by atoms with Crippen molar-refractivity contribution in [3.63, 3.8) is 0 Å². The second-order valence-corrected chi connectivity index (χ2v) is 5.68. The van der Waals surface area contributed by atoms with Crippen LogP contribution in [-0.2, 0) is 6.54 Å². The highest BCUT2D eigenvalue weighted by atomic mass is 16.3. The molecule has 1 saturated carbocycles. The van der Waals surface area contributed by atoms with Gasteiger partial charge in [0.2, 0.25) is 0 Å². The summed E-state index contributed by atoms with van der Waals surface area (Å²) in [6.07, 6.45) is 4.56. The van der Waals surface area contributed by atoms with Crippen molar-refractivity contribution in [2.24, 2.45) is 11.8 Å². The van der Waals surface area contributed by atoms with Crippen LogP contribution in [0.25, 0.3) is 0 Å². The number of hydrogen-bond donors (Lipinski definition) is 2. The molecule has 112 valence electrons. The fourth-order valence-electron chi connectivity index (χ4n) is 3.08. The van der Waals surface area contributed by atoms with Crippen molar-refractivity contribution in [3.8, 4) is 0 Å². The fraction of sp³-hybridized carbons (Fsp3) is 0.733. The summed E-state index contributed by atoms with van der Waals surface area (Å²) in [5.74, 6) is 0.674. The lowest BCUT2D eigenvalue weighted by atomic mass is 9.79. The molecule has 2 atom stereocenters. The molecule has 5 heteroatoms. The van der Waals surface area contributed by atoms with E-state index in [9.17, 15) is 9.90 Å². The molecule has 0 radical (unpaired) electrons. The maximum absolute atomic E-state index is 12.2. The number of aliphatic hydroxyl groups excluding tert-OH is 1. The van der Waals surface area contributed by atoms with Crippen molar-refractivity contribution in [2.45, 2.75) is 46.1 Å². The first-order valence-corrected chi connectivity index (χ1v) is 7.59. The molecule has 2 unspecified atom stereocenters. The lowest BCUT2D eigenvalue weighted by molar-refractivity contribution is 0.0899. The van der Waals surface area contributed by atoms with Gasteiger partial charge in [0.1, 0.15) is 5.69 Å². The van der Waals surface area contributed by atoms with Crippen LogP contribution in [0, 0.1) is 18.8 Å². The molecule has 0 saturated heterocycles. The van der Waals surface area contributed by atoms with E-state index in [2.05, 4.69) is 10.4 Å². The number of nitrogens with zero attached hydrogens (tertiary/aromatic N) is 2. The Labute approximate surface area is 120 Å². The van der Waals surface area contributed by atoms with E-state index in [1.165, 1.54) is 12.8 Å². The van der Waals surface area contributed by atoms with E-state index in [-0.39, 0.29) is 12.5 Å². The van der Waals surface area contributed by atoms with Gasteiger partial charge in [-0.25, -0.2) is 0 Å². The predicted octanol–water partition coefficient (Wildman–Crippen LogP) is 1.74. The van der Waals surface area contributed by atoms with E-state index >= 15 is 0 Å². The molecule has 1 fully saturated rings. The first kappa shape index (κ1) is 15.0. The Morgan fingerprint density at radius 2 is 2.15 bits per heavy atom. The number of rotatable bonds is 5. The minimum Gasteiger partial charge on any atom is -0.396 e. The summed E-state index contributed by atoms with van der Waals surface area (Å²) in [5, 5.41) is 16.7. The minimum absolute atomic E-state index is 0.0605. The molecule has 0 aromatic carbocycles. The number of carbonyl (C=O) groups excluding carboxylic acids is 1. The van der Waals surface area contributed by atoms with Crippen molar-refractivity contribution in [2.75, 3.05) is 13.2 Å². The molecule has 1 aromatic heterocycles. The summed E-state index contributed by atoms with van der Waals surface area (Å²) < 4.78 is 1.73. The topological polar surface area (TPSA) is 67.2 Å². The van der Waals surface area contributed by atoms with Gasteiger partial charge in [-0.15, -0.1) is 0 Å². The Morgan fingerprint density at radius 1 is 1.45 bits per heavy atom. The predicted molar refractivity (Wildman–Crippen MR) is 77.5 cm³/mol. The van der Waals surface area contributed by atoms with Gasteiger partial charge in [0.15, 0.2) is 0 Å². The smallest absolute Gasteiger partial charge is 0.269 e. The third-order valence-corrected chi connectivity index (χ3v) is 4.26. The maximum atomic E-state index is 12.2. The van der Waals surface area contributed by atoms with E-state index < -0.39 is 0 Å². The summed E-state index contributed by atoms with van der Waals surface area (Å²) in [5.41, 5.74) is 1.49. The number of nitrogens with one attached hydrogen (secondary N) is 1. The van der Waals surface area contributed by atoms with Crippen LogP contribution in [0.3, 0.4) is 0 Å². The van der Waals surface area contributed by atoms with Crippen molar-refractivity contribution in [1.29, 1.82) is 0 Å². The molecule has 0 spiro atoms. The van der Waals surface area contributed by atoms with Gasteiger partial charge in [0.05, 0.1) is 5.69 Å². The number of aromatic nitrogens is 2. The maximum Gasteiger partial charge on any atom is 0.269 e. The van der Waals surface area contributed by atoms with Crippen LogP contribution >= 0.6 is 0 Å². The summed E-state index contributed by atoms with van der Waals surface area (Å²) in [6, 6.07) is 1.82. The molecular formula is C15H25N3O2. The number of aliphatic hydroxyl groups is 1. The van der Waals surface area contributed by atoms with E-state index in [1.54, 1.807) is 4.68 Å². The van der Waals surface area contributed by atoms with Crippen molar-refractivity contribution in [1.82, 2.24) is 15.1 Å². The first-order chi connectivity index (χ1) is 9.65. The molecule has 1 aromatic rings. The number of aryl methyl sites for hydroxylation is 2. The zero-order valence-electron chi connectivity index (χ0n) is 12.4. The van der Waals surface area contributed by atoms with Gasteiger partial charge in [-0.1, -0.05) is 12.8 Å². The van der Waals surface area contributed by atoms with Crippen LogP contribution < -0.4 is 5.32 Å². The largest absolute Gasteiger partial charge is 0.396 e. The monoisotopic (exact) mass is 279 g/mol. The van der Waals surface area contributed by atoms with Crippen molar-refractivity contribution in [3.05, 3.63) is 17.5 Å². The normalized spacial score (nSPS) is 22.8. The van der Waals surface area contributed by atoms with Crippen LogP contribution in [0.5, 0.6) is 0 Å². The van der Waals surface area contributed by atoms with Gasteiger partial charge in [-0.2, -0.15) is 5.10 Å². The van der Waals surface area contributed by atoms with E-state index in [0.717, 1.165) is 18.5 Å². The zero-order chi connectivity index (χ0) is 14.5. The van der Waals surface area contributed by atoms with Gasteiger partial charge >= 0.3 is 0 Å². The molecule has 1 amide bonds. The van der Waals surface area contributed by atoms with Gasteiger partial charge in [-0.3, -0.25) is 9.48 Å². The fourth-order valence-corrected chi connectivity index (χ4v) is 3.08. The summed E-state index contributed by atoms with van der Waals surface area (Å²) in [4.78, 5) is 12.2. The molecule has 1 aliphatic rings. The number of amides is 1. The van der Waals surface area contributed by atoms with Gasteiger partial charge in [0, 0.05) is 19.7 Å². The van der Waals surface area contributed by atoms with Gasteiger partial charge < -0.3 is 10.4 Å². The first-order valence-electron chi connectivity index (χ1n) is 7.59. The van der Waals surface area contributed by atoms with Crippen LogP contribution in [0.4, 0.5) is 0 Å². The average molecular weight is 279 g/mol. The Bertz CT molecular complexity index is 456. The highest BCUT2D eigenvalue weighted by Crippen LogP contribution is 2.29.